The minimum atomic E-state index is -0.999. The van der Waals surface area contributed by atoms with Gasteiger partial charge in [0.2, 0.25) is 0 Å². The van der Waals surface area contributed by atoms with Crippen LogP contribution in [0.3, 0.4) is 0 Å². The van der Waals surface area contributed by atoms with Crippen molar-refractivity contribution in [2.24, 2.45) is 23.7 Å². The van der Waals surface area contributed by atoms with E-state index < -0.39 is 11.8 Å². The average Bonchev–Trinajstić information content (AvgIpc) is 3.57. The van der Waals surface area contributed by atoms with Gasteiger partial charge in [0.05, 0.1) is 29.9 Å². The zero-order chi connectivity index (χ0) is 27.2. The van der Waals surface area contributed by atoms with Crippen LogP contribution < -0.4 is 0 Å². The van der Waals surface area contributed by atoms with Crippen molar-refractivity contribution in [2.45, 2.75) is 84.7 Å². The molecule has 40 heavy (non-hydrogen) atoms. The molecule has 2 N–H and O–H groups in total. The second kappa shape index (κ2) is 13.6. The number of ether oxygens (including phenoxy) is 2. The molecule has 1 spiro atoms. The molecule has 2 aliphatic rings. The summed E-state index contributed by atoms with van der Waals surface area (Å²) in [5.41, 5.74) is 2.40. The van der Waals surface area contributed by atoms with Gasteiger partial charge in [-0.3, -0.25) is 4.79 Å². The zero-order valence-corrected chi connectivity index (χ0v) is 27.9. The Hall–Kier alpha value is -0.944. The van der Waals surface area contributed by atoms with Gasteiger partial charge in [-0.2, -0.15) is 0 Å². The van der Waals surface area contributed by atoms with Gasteiger partial charge >= 0.3 is 66.8 Å². The maximum absolute atomic E-state index is 13.2. The molecule has 10 heteroatoms. The summed E-state index contributed by atoms with van der Waals surface area (Å²) in [6, 6.07) is 7.23. The van der Waals surface area contributed by atoms with Gasteiger partial charge in [0, 0.05) is 24.5 Å². The summed E-state index contributed by atoms with van der Waals surface area (Å²) in [5, 5.41) is 9.80. The molecule has 7 atom stereocenters. The monoisotopic (exact) mass is 586 g/mol. The molecule has 0 bridgehead atoms. The van der Waals surface area contributed by atoms with Crippen LogP contribution in [0.5, 0.6) is 0 Å². The van der Waals surface area contributed by atoms with Crippen LogP contribution in [0.1, 0.15) is 86.2 Å². The van der Waals surface area contributed by atoms with Crippen LogP contribution in [0.15, 0.2) is 34.9 Å². The average molecular weight is 587 g/mol. The van der Waals surface area contributed by atoms with Gasteiger partial charge in [0.15, 0.2) is 23.0 Å². The largest absolute Gasteiger partial charge is 2.00 e. The molecule has 5 rings (SSSR count). The van der Waals surface area contributed by atoms with Crippen molar-refractivity contribution in [2.75, 3.05) is 0 Å². The first kappa shape index (κ1) is 33.6. The van der Waals surface area contributed by atoms with Crippen molar-refractivity contribution in [1.82, 2.24) is 9.97 Å². The van der Waals surface area contributed by atoms with E-state index in [0.29, 0.717) is 35.5 Å². The van der Waals surface area contributed by atoms with Crippen LogP contribution in [0.4, 0.5) is 0 Å². The number of benzene rings is 1. The number of fused-ring (bicyclic) bond motifs is 1. The number of carboxylic acid groups (broad SMARTS) is 1. The van der Waals surface area contributed by atoms with Crippen molar-refractivity contribution in [3.8, 4) is 0 Å². The van der Waals surface area contributed by atoms with E-state index in [4.69, 9.17) is 13.9 Å². The van der Waals surface area contributed by atoms with Gasteiger partial charge in [-0.05, 0) is 54.9 Å². The van der Waals surface area contributed by atoms with Crippen LogP contribution in [-0.2, 0) is 22.3 Å². The molecule has 2 aromatic heterocycles. The third kappa shape index (κ3) is 6.36. The zero-order valence-electron chi connectivity index (χ0n) is 24.2. The van der Waals surface area contributed by atoms with E-state index >= 15 is 0 Å². The Morgan fingerprint density at radius 1 is 1.18 bits per heavy atom. The molecule has 0 amide bonds. The number of aromatic carboxylic acids is 1. The molecule has 204 valence electrons. The van der Waals surface area contributed by atoms with E-state index in [-0.39, 0.29) is 108 Å². The fourth-order valence-corrected chi connectivity index (χ4v) is 6.42. The van der Waals surface area contributed by atoms with E-state index in [2.05, 4.69) is 30.7 Å². The minimum Gasteiger partial charge on any atom is -0.478 e. The number of hydrogen-bond acceptors (Lipinski definition) is 6. The molecule has 1 aromatic carbocycles. The summed E-state index contributed by atoms with van der Waals surface area (Å²) in [4.78, 5) is 32.8. The first-order chi connectivity index (χ1) is 18.1. The van der Waals surface area contributed by atoms with Crippen molar-refractivity contribution < 1.29 is 28.6 Å². The summed E-state index contributed by atoms with van der Waals surface area (Å²) >= 11 is 0. The van der Waals surface area contributed by atoms with Crippen molar-refractivity contribution in [3.63, 3.8) is 0 Å². The molecular weight excluding hydrogens is 549 g/mol. The number of nitrogens with one attached hydrogen (secondary N) is 1. The van der Waals surface area contributed by atoms with Gasteiger partial charge in [0.1, 0.15) is 5.52 Å². The van der Waals surface area contributed by atoms with E-state index in [1.807, 2.05) is 19.9 Å². The number of carbonyl (C=O) groups excluding carboxylic acids is 1. The Labute approximate surface area is 281 Å². The van der Waals surface area contributed by atoms with Gasteiger partial charge in [-0.1, -0.05) is 40.7 Å². The molecule has 2 saturated heterocycles. The number of ketones is 1. The topological polar surface area (TPSA) is 115 Å². The first-order valence-electron chi connectivity index (χ1n) is 13.8. The second-order valence-electron chi connectivity index (χ2n) is 11.3. The summed E-state index contributed by atoms with van der Waals surface area (Å²) in [5.74, 6) is -0.970. The number of hydrogen-bond donors (Lipinski definition) is 2. The maximum Gasteiger partial charge on any atom is 2.00 e. The molecule has 8 nitrogen and oxygen atoms in total. The van der Waals surface area contributed by atoms with Crippen LogP contribution >= 0.6 is 0 Å². The Morgan fingerprint density at radius 3 is 2.58 bits per heavy atom. The Morgan fingerprint density at radius 2 is 1.93 bits per heavy atom. The molecule has 7 unspecified atom stereocenters. The molecule has 2 fully saturated rings. The number of H-pyrrole nitrogens is 1. The summed E-state index contributed by atoms with van der Waals surface area (Å²) in [7, 11) is 0. The number of carbonyl (C=O) groups is 2. The number of carboxylic acids is 1. The standard InChI is InChI=1S/C30H38N2O6.Ca.Mg/c1-6-20-9-10-22-26(25(20)29(34)35)32-24(36-22)15-23-16(2)11-12-30(37-23)18(4)14-17(3)28(38-30)19(5)27(33)21-8-7-13-31-21;;/h7-10,13,16-19,23,28,31H,6,11-12,14-15H2,1-5H3,(H,34,35);;/q;2*+2. The molecule has 2 aliphatic heterocycles. The maximum atomic E-state index is 13.2. The Kier molecular flexibility index (Phi) is 11.4. The number of aromatic nitrogens is 2. The number of nitrogens with zero attached hydrogens (tertiary/aromatic N) is 1. The molecule has 0 radical (unpaired) electrons. The van der Waals surface area contributed by atoms with Crippen LogP contribution in [0, 0.1) is 23.7 Å². The fourth-order valence-electron chi connectivity index (χ4n) is 6.42. The van der Waals surface area contributed by atoms with E-state index in [9.17, 15) is 14.7 Å². The van der Waals surface area contributed by atoms with E-state index in [1.165, 1.54) is 0 Å². The molecule has 0 saturated carbocycles. The van der Waals surface area contributed by atoms with Crippen LogP contribution in [-0.4, -0.2) is 106 Å². The van der Waals surface area contributed by atoms with Crippen molar-refractivity contribution in [1.29, 1.82) is 0 Å². The van der Waals surface area contributed by atoms with Gasteiger partial charge < -0.3 is 24.0 Å². The second-order valence-corrected chi connectivity index (χ2v) is 11.3. The first-order valence-corrected chi connectivity index (χ1v) is 13.8. The van der Waals surface area contributed by atoms with Crippen molar-refractivity contribution in [3.05, 3.63) is 53.2 Å². The number of aromatic amines is 1. The Balaban J connectivity index is 0.00000220. The number of oxazole rings is 1. The quantitative estimate of drug-likeness (QED) is 0.286. The van der Waals surface area contributed by atoms with Gasteiger partial charge in [0.25, 0.3) is 0 Å². The smallest absolute Gasteiger partial charge is 0.478 e. The Bertz CT molecular complexity index is 1330. The molecular formula is C30H38CaMgN2O6+4. The SMILES string of the molecule is CCc1ccc2oc(CC3OC4(CCC3C)OC(C(C)C(=O)c3ccc[nH]3)C(C)CC4C)nc2c1C(=O)O.[Ca+2].[Mg+2]. The van der Waals surface area contributed by atoms with Gasteiger partial charge in [-0.25, -0.2) is 9.78 Å². The van der Waals surface area contributed by atoms with Crippen LogP contribution in [0.2, 0.25) is 0 Å². The predicted molar refractivity (Wildman–Crippen MR) is 154 cm³/mol. The third-order valence-corrected chi connectivity index (χ3v) is 8.74. The van der Waals surface area contributed by atoms with Crippen LogP contribution in [0.25, 0.3) is 11.1 Å². The predicted octanol–water partition coefficient (Wildman–Crippen LogP) is 5.29. The number of rotatable bonds is 7. The van der Waals surface area contributed by atoms with Gasteiger partial charge in [-0.15, -0.1) is 0 Å². The molecule has 3 aromatic rings. The summed E-state index contributed by atoms with van der Waals surface area (Å²) in [6.45, 7) is 10.3. The van der Waals surface area contributed by atoms with E-state index in [1.54, 1.807) is 24.4 Å². The summed E-state index contributed by atoms with van der Waals surface area (Å²) < 4.78 is 19.6. The molecule has 0 aliphatic carbocycles. The fraction of sp³-hybridized carbons (Fsp3) is 0.567. The third-order valence-electron chi connectivity index (χ3n) is 8.74. The normalized spacial score (nSPS) is 29.0. The van der Waals surface area contributed by atoms with Crippen molar-refractivity contribution >= 4 is 83.6 Å². The number of aryl methyl sites for hydroxylation is 1. The number of Topliss-reactive ketones (excluding diaryl/α,β-unsaturated/α-hetero) is 1. The van der Waals surface area contributed by atoms with E-state index in [0.717, 1.165) is 24.8 Å². The molecule has 4 heterocycles. The minimum absolute atomic E-state index is 0. The summed E-state index contributed by atoms with van der Waals surface area (Å²) in [6.07, 6.45) is 4.89.